The van der Waals surface area contributed by atoms with Crippen molar-refractivity contribution in [2.24, 2.45) is 0 Å². The summed E-state index contributed by atoms with van der Waals surface area (Å²) < 4.78 is 36.5. The summed E-state index contributed by atoms with van der Waals surface area (Å²) in [4.78, 5) is 14.0. The van der Waals surface area contributed by atoms with Gasteiger partial charge in [0, 0.05) is 24.2 Å². The first kappa shape index (κ1) is 10.5. The molecule has 16 heavy (non-hydrogen) atoms. The fraction of sp³-hybridized carbons (Fsp3) is 0.111. The molecule has 82 valence electrons. The topological polar surface area (TPSA) is 51.6 Å². The van der Waals surface area contributed by atoms with Crippen molar-refractivity contribution in [3.8, 4) is 11.3 Å². The highest BCUT2D eigenvalue weighted by atomic mass is 19.4. The van der Waals surface area contributed by atoms with E-state index in [1.807, 2.05) is 0 Å². The zero-order valence-electron chi connectivity index (χ0n) is 7.81. The zero-order valence-corrected chi connectivity index (χ0v) is 7.81. The number of hydrogen-bond donors (Lipinski definition) is 0. The van der Waals surface area contributed by atoms with Crippen LogP contribution < -0.4 is 0 Å². The largest absolute Gasteiger partial charge is 0.451 e. The van der Waals surface area contributed by atoms with Gasteiger partial charge in [-0.25, -0.2) is 19.9 Å². The average Bonchev–Trinajstić information content (AvgIpc) is 2.29. The maximum atomic E-state index is 12.2. The van der Waals surface area contributed by atoms with Crippen LogP contribution in [0, 0.1) is 0 Å². The van der Waals surface area contributed by atoms with Crippen LogP contribution in [0.15, 0.2) is 31.0 Å². The van der Waals surface area contributed by atoms with Gasteiger partial charge in [0.1, 0.15) is 6.33 Å². The van der Waals surface area contributed by atoms with E-state index in [0.717, 1.165) is 12.4 Å². The molecule has 0 amide bonds. The zero-order chi connectivity index (χ0) is 11.6. The Bertz CT molecular complexity index is 466. The van der Waals surface area contributed by atoms with E-state index in [1.165, 1.54) is 12.5 Å². The van der Waals surface area contributed by atoms with E-state index in [-0.39, 0.29) is 0 Å². The molecule has 2 aromatic rings. The van der Waals surface area contributed by atoms with Crippen LogP contribution in [0.25, 0.3) is 11.3 Å². The number of aromatic nitrogens is 4. The predicted octanol–water partition coefficient (Wildman–Crippen LogP) is 1.95. The van der Waals surface area contributed by atoms with E-state index in [1.54, 1.807) is 6.07 Å². The molecule has 0 atom stereocenters. The molecule has 2 heterocycles. The molecule has 0 unspecified atom stereocenters. The first-order valence-electron chi connectivity index (χ1n) is 4.23. The number of halogens is 3. The number of nitrogens with zero attached hydrogens (tertiary/aromatic N) is 4. The normalized spacial score (nSPS) is 11.4. The molecule has 0 aliphatic carbocycles. The molecule has 0 saturated carbocycles. The fourth-order valence-electron chi connectivity index (χ4n) is 1.07. The molecule has 0 bridgehead atoms. The van der Waals surface area contributed by atoms with Gasteiger partial charge in [-0.05, 0) is 6.07 Å². The van der Waals surface area contributed by atoms with Crippen LogP contribution in [0.4, 0.5) is 13.2 Å². The van der Waals surface area contributed by atoms with Gasteiger partial charge in [-0.15, -0.1) is 0 Å². The second-order valence-corrected chi connectivity index (χ2v) is 2.89. The first-order chi connectivity index (χ1) is 7.57. The molecule has 0 radical (unpaired) electrons. The van der Waals surface area contributed by atoms with E-state index in [2.05, 4.69) is 19.9 Å². The van der Waals surface area contributed by atoms with Gasteiger partial charge in [0.05, 0.1) is 5.69 Å². The lowest BCUT2D eigenvalue weighted by Gasteiger charge is -2.04. The number of hydrogen-bond acceptors (Lipinski definition) is 4. The van der Waals surface area contributed by atoms with Crippen LogP contribution in [-0.2, 0) is 6.18 Å². The van der Waals surface area contributed by atoms with Gasteiger partial charge in [-0.1, -0.05) is 0 Å². The monoisotopic (exact) mass is 226 g/mol. The lowest BCUT2D eigenvalue weighted by molar-refractivity contribution is -0.144. The fourth-order valence-corrected chi connectivity index (χ4v) is 1.07. The molecule has 0 spiro atoms. The summed E-state index contributed by atoms with van der Waals surface area (Å²) in [5, 5.41) is 0. The molecule has 0 fully saturated rings. The molecule has 0 aliphatic rings. The van der Waals surface area contributed by atoms with Gasteiger partial charge < -0.3 is 0 Å². The second-order valence-electron chi connectivity index (χ2n) is 2.89. The van der Waals surface area contributed by atoms with E-state index < -0.39 is 12.0 Å². The molecule has 4 nitrogen and oxygen atoms in total. The maximum absolute atomic E-state index is 12.2. The molecule has 2 aromatic heterocycles. The summed E-state index contributed by atoms with van der Waals surface area (Å²) in [6.07, 6.45) is 0.424. The lowest BCUT2D eigenvalue weighted by Crippen LogP contribution is -2.10. The summed E-state index contributed by atoms with van der Waals surface area (Å²) >= 11 is 0. The molecule has 0 saturated heterocycles. The Balaban J connectivity index is 2.34. The highest BCUT2D eigenvalue weighted by Gasteiger charge is 2.34. The summed E-state index contributed by atoms with van der Waals surface area (Å²) in [7, 11) is 0. The SMILES string of the molecule is FC(F)(F)c1ncc(-c2ccncn2)cn1. The van der Waals surface area contributed by atoms with Crippen molar-refractivity contribution in [2.45, 2.75) is 6.18 Å². The van der Waals surface area contributed by atoms with E-state index in [0.29, 0.717) is 11.3 Å². The minimum Gasteiger partial charge on any atom is -0.245 e. The summed E-state index contributed by atoms with van der Waals surface area (Å²) in [6.45, 7) is 0. The van der Waals surface area contributed by atoms with Gasteiger partial charge >= 0.3 is 6.18 Å². The van der Waals surface area contributed by atoms with Crippen LogP contribution in [0.2, 0.25) is 0 Å². The lowest BCUT2D eigenvalue weighted by atomic mass is 10.2. The van der Waals surface area contributed by atoms with E-state index >= 15 is 0 Å². The van der Waals surface area contributed by atoms with Crippen molar-refractivity contribution >= 4 is 0 Å². The number of alkyl halides is 3. The van der Waals surface area contributed by atoms with Crippen molar-refractivity contribution in [1.82, 2.24) is 19.9 Å². The quantitative estimate of drug-likeness (QED) is 0.745. The molecule has 2 rings (SSSR count). The van der Waals surface area contributed by atoms with Crippen molar-refractivity contribution in [2.75, 3.05) is 0 Å². The standard InChI is InChI=1S/C9H5F3N4/c10-9(11,12)8-14-3-6(4-15-8)7-1-2-13-5-16-7/h1-5H. The highest BCUT2D eigenvalue weighted by Crippen LogP contribution is 2.26. The van der Waals surface area contributed by atoms with Crippen LogP contribution in [-0.4, -0.2) is 19.9 Å². The van der Waals surface area contributed by atoms with Gasteiger partial charge in [0.25, 0.3) is 0 Å². The molecule has 0 aromatic carbocycles. The molecule has 0 aliphatic heterocycles. The van der Waals surface area contributed by atoms with Crippen LogP contribution in [0.5, 0.6) is 0 Å². The number of rotatable bonds is 1. The Labute approximate surface area is 88.2 Å². The third-order valence-electron chi connectivity index (χ3n) is 1.78. The van der Waals surface area contributed by atoms with Gasteiger partial charge in [-0.2, -0.15) is 13.2 Å². The minimum absolute atomic E-state index is 0.412. The molecule has 7 heteroatoms. The highest BCUT2D eigenvalue weighted by molar-refractivity contribution is 5.55. The van der Waals surface area contributed by atoms with Crippen LogP contribution in [0.1, 0.15) is 5.82 Å². The maximum Gasteiger partial charge on any atom is 0.451 e. The van der Waals surface area contributed by atoms with Crippen molar-refractivity contribution < 1.29 is 13.2 Å². The average molecular weight is 226 g/mol. The van der Waals surface area contributed by atoms with Gasteiger partial charge in [-0.3, -0.25) is 0 Å². The first-order valence-corrected chi connectivity index (χ1v) is 4.23. The Morgan fingerprint density at radius 2 is 1.69 bits per heavy atom. The second kappa shape index (κ2) is 3.84. The van der Waals surface area contributed by atoms with Crippen molar-refractivity contribution in [1.29, 1.82) is 0 Å². The third-order valence-corrected chi connectivity index (χ3v) is 1.78. The van der Waals surface area contributed by atoms with Crippen molar-refractivity contribution in [3.63, 3.8) is 0 Å². The Kier molecular flexibility index (Phi) is 2.51. The van der Waals surface area contributed by atoms with E-state index in [4.69, 9.17) is 0 Å². The van der Waals surface area contributed by atoms with Crippen LogP contribution >= 0.6 is 0 Å². The van der Waals surface area contributed by atoms with E-state index in [9.17, 15) is 13.2 Å². The Hall–Kier alpha value is -2.05. The molecular formula is C9H5F3N4. The summed E-state index contributed by atoms with van der Waals surface area (Å²) in [5.74, 6) is -1.16. The third kappa shape index (κ3) is 2.13. The molecular weight excluding hydrogens is 221 g/mol. The molecule has 0 N–H and O–H groups in total. The summed E-state index contributed by atoms with van der Waals surface area (Å²) in [6, 6.07) is 1.56. The minimum atomic E-state index is -4.52. The smallest absolute Gasteiger partial charge is 0.245 e. The summed E-state index contributed by atoms with van der Waals surface area (Å²) in [5.41, 5.74) is 0.888. The Morgan fingerprint density at radius 1 is 1.00 bits per heavy atom. The van der Waals surface area contributed by atoms with Crippen LogP contribution in [0.3, 0.4) is 0 Å². The van der Waals surface area contributed by atoms with Crippen molar-refractivity contribution in [3.05, 3.63) is 36.8 Å². The van der Waals surface area contributed by atoms with Gasteiger partial charge in [0.2, 0.25) is 5.82 Å². The Morgan fingerprint density at radius 3 is 2.19 bits per heavy atom. The predicted molar refractivity (Wildman–Crippen MR) is 48.1 cm³/mol. The van der Waals surface area contributed by atoms with Gasteiger partial charge in [0.15, 0.2) is 0 Å².